The van der Waals surface area contributed by atoms with Crippen LogP contribution in [0.3, 0.4) is 0 Å². The van der Waals surface area contributed by atoms with Crippen LogP contribution < -0.4 is 16.0 Å². The second-order valence-electron chi connectivity index (χ2n) is 11.0. The van der Waals surface area contributed by atoms with Gasteiger partial charge in [-0.15, -0.1) is 11.3 Å². The number of anilines is 2. The monoisotopic (exact) mass is 543 g/mol. The number of nitro groups is 1. The number of nitro benzene ring substituents is 1. The summed E-state index contributed by atoms with van der Waals surface area (Å²) in [5, 5.41) is 20.7. The van der Waals surface area contributed by atoms with Crippen molar-refractivity contribution in [1.29, 1.82) is 0 Å². The summed E-state index contributed by atoms with van der Waals surface area (Å²) in [7, 11) is 0. The lowest BCUT2D eigenvalue weighted by Crippen LogP contribution is -2.41. The van der Waals surface area contributed by atoms with Crippen molar-refractivity contribution >= 4 is 39.5 Å². The maximum atomic E-state index is 13.5. The van der Waals surface area contributed by atoms with Gasteiger partial charge in [0.15, 0.2) is 0 Å². The van der Waals surface area contributed by atoms with Crippen LogP contribution in [0.25, 0.3) is 0 Å². The van der Waals surface area contributed by atoms with Gasteiger partial charge < -0.3 is 20.7 Å². The first kappa shape index (κ1) is 28.2. The number of carbonyl (C=O) groups is 2. The van der Waals surface area contributed by atoms with Crippen molar-refractivity contribution in [2.75, 3.05) is 56.6 Å². The van der Waals surface area contributed by atoms with Crippen LogP contribution in [-0.2, 0) is 22.4 Å². The quantitative estimate of drug-likeness (QED) is 0.249. The van der Waals surface area contributed by atoms with Gasteiger partial charge in [-0.05, 0) is 42.2 Å². The molecule has 0 bridgehead atoms. The van der Waals surface area contributed by atoms with Crippen LogP contribution >= 0.6 is 11.3 Å². The van der Waals surface area contributed by atoms with Crippen LogP contribution in [0.1, 0.15) is 48.0 Å². The largest absolute Gasteiger partial charge is 0.379 e. The Morgan fingerprint density at radius 1 is 1.21 bits per heavy atom. The second-order valence-corrected chi connectivity index (χ2v) is 12.1. The van der Waals surface area contributed by atoms with E-state index in [1.54, 1.807) is 6.07 Å². The highest BCUT2D eigenvalue weighted by Gasteiger charge is 2.34. The standard InChI is InChI=1S/C27H37N5O5S/c1-27(2,3)18-7-8-21-22(15-18)38-26(30-23(33)17-28-9-10-31-11-13-37-14-12-31)24(21)25(34)29-19-5-4-6-20(16-19)32(35)36/h4-6,16,18,28H,7-15,17H2,1-3H3,(H,29,34)(H,30,33)/t18-/m1/s1. The van der Waals surface area contributed by atoms with Gasteiger partial charge in [-0.25, -0.2) is 0 Å². The van der Waals surface area contributed by atoms with Crippen LogP contribution in [0, 0.1) is 21.4 Å². The van der Waals surface area contributed by atoms with Crippen molar-refractivity contribution in [3.8, 4) is 0 Å². The van der Waals surface area contributed by atoms with Crippen molar-refractivity contribution in [1.82, 2.24) is 10.2 Å². The Morgan fingerprint density at radius 3 is 2.68 bits per heavy atom. The summed E-state index contributed by atoms with van der Waals surface area (Å²) < 4.78 is 5.37. The zero-order valence-electron chi connectivity index (χ0n) is 22.3. The highest BCUT2D eigenvalue weighted by Crippen LogP contribution is 2.44. The van der Waals surface area contributed by atoms with Gasteiger partial charge in [0, 0.05) is 48.9 Å². The number of nitrogens with zero attached hydrogens (tertiary/aromatic N) is 2. The average molecular weight is 544 g/mol. The number of carbonyl (C=O) groups excluding carboxylic acids is 2. The Hall–Kier alpha value is -2.86. The first-order valence-electron chi connectivity index (χ1n) is 13.1. The second kappa shape index (κ2) is 12.3. The van der Waals surface area contributed by atoms with Gasteiger partial charge in [0.05, 0.1) is 30.2 Å². The third-order valence-corrected chi connectivity index (χ3v) is 8.45. The fraction of sp³-hybridized carbons (Fsp3) is 0.556. The normalized spacial score (nSPS) is 18.0. The number of nitrogens with one attached hydrogen (secondary N) is 3. The molecule has 0 radical (unpaired) electrons. The number of non-ortho nitro benzene ring substituents is 1. The average Bonchev–Trinajstić information content (AvgIpc) is 3.24. The molecule has 4 rings (SSSR count). The summed E-state index contributed by atoms with van der Waals surface area (Å²) in [6, 6.07) is 5.88. The lowest BCUT2D eigenvalue weighted by Gasteiger charge is -2.33. The van der Waals surface area contributed by atoms with E-state index in [0.717, 1.165) is 62.6 Å². The highest BCUT2D eigenvalue weighted by molar-refractivity contribution is 7.17. The number of amides is 2. The van der Waals surface area contributed by atoms with Crippen LogP contribution in [0.15, 0.2) is 24.3 Å². The minimum absolute atomic E-state index is 0.0974. The van der Waals surface area contributed by atoms with Crippen molar-refractivity contribution in [2.24, 2.45) is 11.3 Å². The predicted octanol–water partition coefficient (Wildman–Crippen LogP) is 3.92. The van der Waals surface area contributed by atoms with Gasteiger partial charge in [-0.3, -0.25) is 24.6 Å². The molecule has 2 heterocycles. The molecule has 0 spiro atoms. The fourth-order valence-electron chi connectivity index (χ4n) is 4.98. The Kier molecular flexibility index (Phi) is 9.14. The summed E-state index contributed by atoms with van der Waals surface area (Å²) in [5.41, 5.74) is 1.81. The minimum Gasteiger partial charge on any atom is -0.379 e. The Balaban J connectivity index is 1.48. The van der Waals surface area contributed by atoms with Crippen molar-refractivity contribution in [2.45, 2.75) is 40.0 Å². The fourth-order valence-corrected chi connectivity index (χ4v) is 6.32. The Morgan fingerprint density at radius 2 is 1.97 bits per heavy atom. The van der Waals surface area contributed by atoms with Crippen LogP contribution in [0.2, 0.25) is 0 Å². The first-order valence-corrected chi connectivity index (χ1v) is 13.9. The summed E-state index contributed by atoms with van der Waals surface area (Å²) in [4.78, 5) is 40.4. The molecule has 206 valence electrons. The van der Waals surface area contributed by atoms with E-state index in [1.807, 2.05) is 0 Å². The number of ether oxygens (including phenoxy) is 1. The number of hydrogen-bond acceptors (Lipinski definition) is 8. The molecule has 1 aromatic carbocycles. The zero-order valence-corrected chi connectivity index (χ0v) is 23.1. The summed E-state index contributed by atoms with van der Waals surface area (Å²) in [6.07, 6.45) is 2.56. The van der Waals surface area contributed by atoms with E-state index in [1.165, 1.54) is 29.5 Å². The molecule has 1 aliphatic heterocycles. The SMILES string of the molecule is CC(C)(C)[C@@H]1CCc2c(sc(NC(=O)CNCCN3CCOCC3)c2C(=O)Nc2cccc([N+](=O)[O-])c2)C1. The maximum Gasteiger partial charge on any atom is 0.271 e. The summed E-state index contributed by atoms with van der Waals surface area (Å²) >= 11 is 1.47. The van der Waals surface area contributed by atoms with E-state index in [-0.39, 0.29) is 29.5 Å². The summed E-state index contributed by atoms with van der Waals surface area (Å²) in [5.74, 6) is -0.0955. The molecule has 10 nitrogen and oxygen atoms in total. The van der Waals surface area contributed by atoms with Crippen LogP contribution in [0.4, 0.5) is 16.4 Å². The number of morpholine rings is 1. The zero-order chi connectivity index (χ0) is 27.3. The molecule has 2 amide bonds. The predicted molar refractivity (Wildman–Crippen MR) is 149 cm³/mol. The van der Waals surface area contributed by atoms with Gasteiger partial charge in [-0.2, -0.15) is 0 Å². The molecular weight excluding hydrogens is 506 g/mol. The van der Waals surface area contributed by atoms with Crippen LogP contribution in [-0.4, -0.2) is 67.6 Å². The summed E-state index contributed by atoms with van der Waals surface area (Å²) in [6.45, 7) is 11.6. The van der Waals surface area contributed by atoms with E-state index in [0.29, 0.717) is 28.7 Å². The molecule has 1 atom stereocenters. The van der Waals surface area contributed by atoms with Crippen molar-refractivity contribution in [3.05, 3.63) is 50.4 Å². The molecule has 1 aromatic heterocycles. The lowest BCUT2D eigenvalue weighted by atomic mass is 9.72. The molecule has 0 saturated carbocycles. The number of benzene rings is 1. The minimum atomic E-state index is -0.494. The maximum absolute atomic E-state index is 13.5. The molecule has 3 N–H and O–H groups in total. The molecule has 11 heteroatoms. The molecular formula is C27H37N5O5S. The van der Waals surface area contributed by atoms with Crippen LogP contribution in [0.5, 0.6) is 0 Å². The molecule has 2 aromatic rings. The smallest absolute Gasteiger partial charge is 0.271 e. The number of thiophene rings is 1. The number of hydrogen-bond donors (Lipinski definition) is 3. The van der Waals surface area contributed by atoms with E-state index in [9.17, 15) is 19.7 Å². The van der Waals surface area contributed by atoms with E-state index < -0.39 is 4.92 Å². The topological polar surface area (TPSA) is 126 Å². The molecule has 1 aliphatic carbocycles. The lowest BCUT2D eigenvalue weighted by molar-refractivity contribution is -0.384. The van der Waals surface area contributed by atoms with E-state index in [4.69, 9.17) is 4.74 Å². The highest BCUT2D eigenvalue weighted by atomic mass is 32.1. The number of fused-ring (bicyclic) bond motifs is 1. The van der Waals surface area contributed by atoms with Gasteiger partial charge in [0.25, 0.3) is 11.6 Å². The first-order chi connectivity index (χ1) is 18.1. The van der Waals surface area contributed by atoms with Crippen molar-refractivity contribution < 1.29 is 19.2 Å². The molecule has 0 unspecified atom stereocenters. The van der Waals surface area contributed by atoms with E-state index in [2.05, 4.69) is 41.6 Å². The van der Waals surface area contributed by atoms with Gasteiger partial charge in [-0.1, -0.05) is 26.8 Å². The van der Waals surface area contributed by atoms with Gasteiger partial charge >= 0.3 is 0 Å². The third kappa shape index (κ3) is 7.16. The molecule has 1 saturated heterocycles. The van der Waals surface area contributed by atoms with Crippen molar-refractivity contribution in [3.63, 3.8) is 0 Å². The molecule has 2 aliphatic rings. The Labute approximate surface area is 227 Å². The molecule has 1 fully saturated rings. The Bertz CT molecular complexity index is 1170. The van der Waals surface area contributed by atoms with Gasteiger partial charge in [0.2, 0.25) is 5.91 Å². The number of rotatable bonds is 9. The van der Waals surface area contributed by atoms with Gasteiger partial charge in [0.1, 0.15) is 5.00 Å². The van der Waals surface area contributed by atoms with E-state index >= 15 is 0 Å². The molecule has 38 heavy (non-hydrogen) atoms. The third-order valence-electron chi connectivity index (χ3n) is 7.28.